The summed E-state index contributed by atoms with van der Waals surface area (Å²) < 4.78 is 0. The van der Waals surface area contributed by atoms with Crippen molar-refractivity contribution >= 4 is 0 Å². The molecule has 1 heteroatoms. The third-order valence-corrected chi connectivity index (χ3v) is 4.76. The van der Waals surface area contributed by atoms with Crippen LogP contribution in [-0.2, 0) is 0 Å². The van der Waals surface area contributed by atoms with Crippen LogP contribution >= 0.6 is 0 Å². The highest BCUT2D eigenvalue weighted by molar-refractivity contribution is 5.36. The molecule has 0 bridgehead atoms. The lowest BCUT2D eigenvalue weighted by Crippen LogP contribution is -2.02. The van der Waals surface area contributed by atoms with Gasteiger partial charge in [0.15, 0.2) is 0 Å². The molecule has 0 heterocycles. The monoisotopic (exact) mass is 290 g/mol. The summed E-state index contributed by atoms with van der Waals surface area (Å²) in [5.41, 5.74) is 2.27. The van der Waals surface area contributed by atoms with Gasteiger partial charge in [0.25, 0.3) is 0 Å². The Morgan fingerprint density at radius 1 is 1.00 bits per heavy atom. The maximum Gasteiger partial charge on any atom is 0.118 e. The van der Waals surface area contributed by atoms with Crippen LogP contribution in [0.3, 0.4) is 0 Å². The molecule has 2 atom stereocenters. The van der Waals surface area contributed by atoms with Crippen molar-refractivity contribution in [2.24, 2.45) is 5.92 Å². The van der Waals surface area contributed by atoms with Gasteiger partial charge in [0.2, 0.25) is 0 Å². The van der Waals surface area contributed by atoms with Crippen molar-refractivity contribution in [3.8, 4) is 5.75 Å². The Kier molecular flexibility index (Phi) is 8.49. The highest BCUT2D eigenvalue weighted by Crippen LogP contribution is 2.31. The molecule has 0 amide bonds. The third-order valence-electron chi connectivity index (χ3n) is 4.76. The van der Waals surface area contributed by atoms with Crippen LogP contribution in [0.15, 0.2) is 18.2 Å². The van der Waals surface area contributed by atoms with Crippen molar-refractivity contribution in [1.29, 1.82) is 0 Å². The van der Waals surface area contributed by atoms with E-state index in [1.807, 2.05) is 19.1 Å². The van der Waals surface area contributed by atoms with Gasteiger partial charge in [0.05, 0.1) is 0 Å². The number of hydrogen-bond donors (Lipinski definition) is 1. The second-order valence-corrected chi connectivity index (χ2v) is 6.68. The summed E-state index contributed by atoms with van der Waals surface area (Å²) in [6, 6.07) is 6.20. The summed E-state index contributed by atoms with van der Waals surface area (Å²) in [5, 5.41) is 9.89. The van der Waals surface area contributed by atoms with Gasteiger partial charge in [-0.2, -0.15) is 0 Å². The van der Waals surface area contributed by atoms with Gasteiger partial charge < -0.3 is 5.11 Å². The molecule has 1 rings (SSSR count). The van der Waals surface area contributed by atoms with Crippen LogP contribution in [0.4, 0.5) is 0 Å². The van der Waals surface area contributed by atoms with Gasteiger partial charge in [0, 0.05) is 0 Å². The molecular formula is C20H34O. The number of rotatable bonds is 10. The molecule has 0 aromatic heterocycles. The highest BCUT2D eigenvalue weighted by Gasteiger charge is 2.13. The average Bonchev–Trinajstić information content (AvgIpc) is 2.48. The lowest BCUT2D eigenvalue weighted by atomic mass is 9.87. The van der Waals surface area contributed by atoms with E-state index in [4.69, 9.17) is 0 Å². The van der Waals surface area contributed by atoms with Crippen LogP contribution < -0.4 is 0 Å². The van der Waals surface area contributed by atoms with Crippen LogP contribution in [0.25, 0.3) is 0 Å². The number of benzene rings is 1. The summed E-state index contributed by atoms with van der Waals surface area (Å²) in [7, 11) is 0. The Bertz CT molecular complexity index is 397. The van der Waals surface area contributed by atoms with Crippen LogP contribution in [0, 0.1) is 12.8 Å². The predicted molar refractivity (Wildman–Crippen MR) is 93.0 cm³/mol. The molecular weight excluding hydrogens is 256 g/mol. The van der Waals surface area contributed by atoms with E-state index in [-0.39, 0.29) is 0 Å². The van der Waals surface area contributed by atoms with Crippen molar-refractivity contribution in [2.75, 3.05) is 0 Å². The Hall–Kier alpha value is -0.980. The van der Waals surface area contributed by atoms with Gasteiger partial charge in [-0.15, -0.1) is 0 Å². The van der Waals surface area contributed by atoms with Gasteiger partial charge in [-0.3, -0.25) is 0 Å². The zero-order valence-electron chi connectivity index (χ0n) is 14.5. The first-order chi connectivity index (χ1) is 10.1. The zero-order valence-corrected chi connectivity index (χ0v) is 14.5. The van der Waals surface area contributed by atoms with Crippen molar-refractivity contribution in [1.82, 2.24) is 0 Å². The number of phenolic OH excluding ortho intramolecular Hbond substituents is 1. The molecule has 1 aromatic rings. The van der Waals surface area contributed by atoms with Gasteiger partial charge in [-0.1, -0.05) is 71.4 Å². The maximum absolute atomic E-state index is 9.89. The molecule has 21 heavy (non-hydrogen) atoms. The van der Waals surface area contributed by atoms with Crippen LogP contribution in [0.5, 0.6) is 5.75 Å². The first kappa shape index (κ1) is 18.1. The van der Waals surface area contributed by atoms with E-state index in [0.717, 1.165) is 17.9 Å². The molecule has 1 nitrogen and oxygen atoms in total. The molecule has 0 spiro atoms. The Labute approximate surface area is 131 Å². The molecule has 0 aliphatic heterocycles. The quantitative estimate of drug-likeness (QED) is 0.482. The first-order valence-electron chi connectivity index (χ1n) is 8.87. The molecule has 0 radical (unpaired) electrons. The molecule has 0 aliphatic carbocycles. The topological polar surface area (TPSA) is 20.2 Å². The Morgan fingerprint density at radius 3 is 2.38 bits per heavy atom. The molecule has 0 saturated carbocycles. The van der Waals surface area contributed by atoms with Crippen molar-refractivity contribution in [3.63, 3.8) is 0 Å². The fourth-order valence-corrected chi connectivity index (χ4v) is 3.04. The van der Waals surface area contributed by atoms with Gasteiger partial charge in [0.1, 0.15) is 5.75 Å². The summed E-state index contributed by atoms with van der Waals surface area (Å²) >= 11 is 0. The van der Waals surface area contributed by atoms with E-state index in [1.54, 1.807) is 0 Å². The minimum atomic E-state index is 0.443. The molecule has 0 aliphatic rings. The molecule has 0 unspecified atom stereocenters. The minimum absolute atomic E-state index is 0.443. The fraction of sp³-hybridized carbons (Fsp3) is 0.700. The zero-order chi connectivity index (χ0) is 15.7. The SMILES string of the molecule is CCCCCC[C@@H](C)CC[C@@H](CC)c1ccc(C)c(O)c1. The lowest BCUT2D eigenvalue weighted by Gasteiger charge is -2.19. The second kappa shape index (κ2) is 9.87. The van der Waals surface area contributed by atoms with E-state index in [1.165, 1.54) is 50.5 Å². The van der Waals surface area contributed by atoms with E-state index < -0.39 is 0 Å². The van der Waals surface area contributed by atoms with E-state index in [2.05, 4.69) is 26.8 Å². The predicted octanol–water partition coefficient (Wildman–Crippen LogP) is 6.58. The highest BCUT2D eigenvalue weighted by atomic mass is 16.3. The summed E-state index contributed by atoms with van der Waals surface area (Å²) in [6.45, 7) is 8.88. The van der Waals surface area contributed by atoms with Crippen molar-refractivity contribution in [3.05, 3.63) is 29.3 Å². The fourth-order valence-electron chi connectivity index (χ4n) is 3.04. The number of phenols is 1. The third kappa shape index (κ3) is 6.54. The lowest BCUT2D eigenvalue weighted by molar-refractivity contribution is 0.419. The van der Waals surface area contributed by atoms with Crippen LogP contribution in [0.1, 0.15) is 89.2 Å². The second-order valence-electron chi connectivity index (χ2n) is 6.68. The van der Waals surface area contributed by atoms with E-state index >= 15 is 0 Å². The van der Waals surface area contributed by atoms with Gasteiger partial charge >= 0.3 is 0 Å². The van der Waals surface area contributed by atoms with Crippen molar-refractivity contribution in [2.45, 2.75) is 85.0 Å². The van der Waals surface area contributed by atoms with Gasteiger partial charge in [-0.05, 0) is 48.8 Å². The van der Waals surface area contributed by atoms with Crippen molar-refractivity contribution < 1.29 is 5.11 Å². The number of aromatic hydroxyl groups is 1. The Morgan fingerprint density at radius 2 is 1.76 bits per heavy atom. The summed E-state index contributed by atoms with van der Waals surface area (Å²) in [5.74, 6) is 1.86. The normalized spacial score (nSPS) is 14.1. The van der Waals surface area contributed by atoms with Crippen LogP contribution in [-0.4, -0.2) is 5.11 Å². The maximum atomic E-state index is 9.89. The smallest absolute Gasteiger partial charge is 0.118 e. The first-order valence-corrected chi connectivity index (χ1v) is 8.87. The largest absolute Gasteiger partial charge is 0.508 e. The summed E-state index contributed by atoms with van der Waals surface area (Å²) in [4.78, 5) is 0. The van der Waals surface area contributed by atoms with E-state index in [9.17, 15) is 5.11 Å². The number of hydrogen-bond acceptors (Lipinski definition) is 1. The molecule has 1 aromatic carbocycles. The number of unbranched alkanes of at least 4 members (excludes halogenated alkanes) is 3. The Balaban J connectivity index is 2.41. The number of aryl methyl sites for hydroxylation is 1. The van der Waals surface area contributed by atoms with Crippen LogP contribution in [0.2, 0.25) is 0 Å². The van der Waals surface area contributed by atoms with Gasteiger partial charge in [-0.25, -0.2) is 0 Å². The molecule has 1 N–H and O–H groups in total. The molecule has 0 saturated heterocycles. The summed E-state index contributed by atoms with van der Waals surface area (Å²) in [6.07, 6.45) is 10.6. The molecule has 0 fully saturated rings. The standard InChI is InChI=1S/C20H34O/c1-5-7-8-9-10-16(3)11-13-18(6-2)19-14-12-17(4)20(21)15-19/h12,14-16,18,21H,5-11,13H2,1-4H3/t16-,18-/m1/s1. The average molecular weight is 290 g/mol. The minimum Gasteiger partial charge on any atom is -0.508 e. The van der Waals surface area contributed by atoms with E-state index in [0.29, 0.717) is 11.7 Å². The molecule has 120 valence electrons.